The molecule has 0 radical (unpaired) electrons. The first kappa shape index (κ1) is 20.4. The molecule has 0 saturated carbocycles. The molecule has 0 heterocycles. The lowest BCUT2D eigenvalue weighted by Crippen LogP contribution is -2.47. The number of carbonyl (C=O) groups is 1. The van der Waals surface area contributed by atoms with Crippen molar-refractivity contribution in [2.24, 2.45) is 0 Å². The number of aliphatic hydroxyl groups is 1. The SMILES string of the molecule is CCCCCCCCCCCC(=O)NC(C)NC(O)CC. The maximum Gasteiger partial charge on any atom is 0.221 e. The Kier molecular flexibility index (Phi) is 13.9. The van der Waals surface area contributed by atoms with Crippen LogP contribution in [0.5, 0.6) is 0 Å². The molecule has 2 unspecified atom stereocenters. The smallest absolute Gasteiger partial charge is 0.221 e. The van der Waals surface area contributed by atoms with Gasteiger partial charge in [-0.05, 0) is 19.8 Å². The summed E-state index contributed by atoms with van der Waals surface area (Å²) in [5.41, 5.74) is 0. The zero-order valence-electron chi connectivity index (χ0n) is 14.3. The molecule has 0 spiro atoms. The fourth-order valence-electron chi connectivity index (χ4n) is 2.36. The number of hydrogen-bond acceptors (Lipinski definition) is 3. The van der Waals surface area contributed by atoms with Crippen LogP contribution >= 0.6 is 0 Å². The zero-order chi connectivity index (χ0) is 15.9. The van der Waals surface area contributed by atoms with Crippen molar-refractivity contribution in [3.63, 3.8) is 0 Å². The molecule has 0 aromatic rings. The molecule has 2 atom stereocenters. The van der Waals surface area contributed by atoms with Crippen LogP contribution in [0, 0.1) is 0 Å². The fraction of sp³-hybridized carbons (Fsp3) is 0.941. The second kappa shape index (κ2) is 14.3. The van der Waals surface area contributed by atoms with Gasteiger partial charge in [0.25, 0.3) is 0 Å². The first-order valence-electron chi connectivity index (χ1n) is 8.83. The second-order valence-electron chi connectivity index (χ2n) is 5.96. The molecule has 0 aromatic heterocycles. The zero-order valence-corrected chi connectivity index (χ0v) is 14.3. The van der Waals surface area contributed by atoms with Gasteiger partial charge in [0.15, 0.2) is 0 Å². The minimum Gasteiger partial charge on any atom is -0.379 e. The van der Waals surface area contributed by atoms with Gasteiger partial charge < -0.3 is 10.4 Å². The first-order chi connectivity index (χ1) is 10.1. The fourth-order valence-corrected chi connectivity index (χ4v) is 2.36. The van der Waals surface area contributed by atoms with E-state index in [4.69, 9.17) is 0 Å². The van der Waals surface area contributed by atoms with E-state index in [0.717, 1.165) is 12.8 Å². The van der Waals surface area contributed by atoms with Gasteiger partial charge in [-0.2, -0.15) is 0 Å². The molecule has 3 N–H and O–H groups in total. The minimum atomic E-state index is -0.548. The van der Waals surface area contributed by atoms with E-state index in [1.807, 2.05) is 13.8 Å². The Bertz CT molecular complexity index is 247. The van der Waals surface area contributed by atoms with Crippen molar-refractivity contribution in [1.82, 2.24) is 10.6 Å². The van der Waals surface area contributed by atoms with Gasteiger partial charge in [0.2, 0.25) is 5.91 Å². The van der Waals surface area contributed by atoms with Crippen LogP contribution in [0.3, 0.4) is 0 Å². The van der Waals surface area contributed by atoms with Crippen LogP contribution in [0.15, 0.2) is 0 Å². The molecule has 0 rings (SSSR count). The summed E-state index contributed by atoms with van der Waals surface area (Å²) in [5, 5.41) is 15.2. The molecule has 1 amide bonds. The Hall–Kier alpha value is -0.610. The van der Waals surface area contributed by atoms with Crippen LogP contribution in [-0.4, -0.2) is 23.4 Å². The third-order valence-electron chi connectivity index (χ3n) is 3.71. The largest absolute Gasteiger partial charge is 0.379 e. The van der Waals surface area contributed by atoms with Gasteiger partial charge in [-0.1, -0.05) is 65.2 Å². The van der Waals surface area contributed by atoms with E-state index in [1.165, 1.54) is 44.9 Å². The van der Waals surface area contributed by atoms with E-state index in [1.54, 1.807) is 0 Å². The van der Waals surface area contributed by atoms with Gasteiger partial charge in [0.1, 0.15) is 6.23 Å². The van der Waals surface area contributed by atoms with E-state index in [9.17, 15) is 9.90 Å². The number of unbranched alkanes of at least 4 members (excludes halogenated alkanes) is 8. The van der Waals surface area contributed by atoms with Gasteiger partial charge in [-0.3, -0.25) is 10.1 Å². The molecule has 21 heavy (non-hydrogen) atoms. The summed E-state index contributed by atoms with van der Waals surface area (Å²) in [6.07, 6.45) is 11.9. The van der Waals surface area contributed by atoms with Gasteiger partial charge in [0.05, 0.1) is 6.17 Å². The van der Waals surface area contributed by atoms with Crippen LogP contribution in [0.4, 0.5) is 0 Å². The second-order valence-corrected chi connectivity index (χ2v) is 5.96. The number of rotatable bonds is 14. The van der Waals surface area contributed by atoms with Crippen molar-refractivity contribution in [3.05, 3.63) is 0 Å². The van der Waals surface area contributed by atoms with Crippen molar-refractivity contribution in [2.45, 2.75) is 104 Å². The Labute approximate surface area is 131 Å². The predicted octanol–water partition coefficient (Wildman–Crippen LogP) is 3.69. The van der Waals surface area contributed by atoms with E-state index >= 15 is 0 Å². The van der Waals surface area contributed by atoms with Crippen molar-refractivity contribution >= 4 is 5.91 Å². The van der Waals surface area contributed by atoms with Gasteiger partial charge in [-0.15, -0.1) is 0 Å². The van der Waals surface area contributed by atoms with E-state index in [0.29, 0.717) is 12.8 Å². The van der Waals surface area contributed by atoms with E-state index in [-0.39, 0.29) is 12.1 Å². The molecular formula is C17H36N2O2. The number of nitrogens with one attached hydrogen (secondary N) is 2. The van der Waals surface area contributed by atoms with Crippen molar-refractivity contribution in [1.29, 1.82) is 0 Å². The number of carbonyl (C=O) groups excluding carboxylic acids is 1. The Balaban J connectivity index is 3.37. The molecule has 0 aromatic carbocycles. The summed E-state index contributed by atoms with van der Waals surface area (Å²) in [6, 6.07) is 0. The average Bonchev–Trinajstić information content (AvgIpc) is 2.45. The third-order valence-corrected chi connectivity index (χ3v) is 3.71. The molecule has 0 fully saturated rings. The summed E-state index contributed by atoms with van der Waals surface area (Å²) in [7, 11) is 0. The number of aliphatic hydroxyl groups excluding tert-OH is 1. The van der Waals surface area contributed by atoms with Crippen LogP contribution in [0.25, 0.3) is 0 Å². The van der Waals surface area contributed by atoms with Crippen LogP contribution in [0.2, 0.25) is 0 Å². The molecule has 0 aliphatic rings. The first-order valence-corrected chi connectivity index (χ1v) is 8.83. The standard InChI is InChI=1S/C17H36N2O2/c1-4-6-7-8-9-10-11-12-13-14-17(21)19-15(3)18-16(20)5-2/h15-16,18,20H,4-14H2,1-3H3,(H,19,21). The normalized spacial score (nSPS) is 13.9. The summed E-state index contributed by atoms with van der Waals surface area (Å²) in [5.74, 6) is 0.0706. The molecule has 4 nitrogen and oxygen atoms in total. The molecular weight excluding hydrogens is 264 g/mol. The Morgan fingerprint density at radius 3 is 2.00 bits per heavy atom. The molecule has 0 bridgehead atoms. The maximum absolute atomic E-state index is 11.7. The van der Waals surface area contributed by atoms with Crippen molar-refractivity contribution < 1.29 is 9.90 Å². The van der Waals surface area contributed by atoms with Gasteiger partial charge >= 0.3 is 0 Å². The summed E-state index contributed by atoms with van der Waals surface area (Å²) < 4.78 is 0. The molecule has 0 saturated heterocycles. The maximum atomic E-state index is 11.7. The van der Waals surface area contributed by atoms with E-state index in [2.05, 4.69) is 17.6 Å². The summed E-state index contributed by atoms with van der Waals surface area (Å²) in [6.45, 7) is 5.99. The monoisotopic (exact) mass is 300 g/mol. The van der Waals surface area contributed by atoms with E-state index < -0.39 is 6.23 Å². The van der Waals surface area contributed by atoms with Crippen LogP contribution < -0.4 is 10.6 Å². The van der Waals surface area contributed by atoms with Crippen LogP contribution in [-0.2, 0) is 4.79 Å². The third kappa shape index (κ3) is 14.1. The van der Waals surface area contributed by atoms with Crippen LogP contribution in [0.1, 0.15) is 91.4 Å². The quantitative estimate of drug-likeness (QED) is 0.339. The van der Waals surface area contributed by atoms with Gasteiger partial charge in [-0.25, -0.2) is 0 Å². The number of amides is 1. The summed E-state index contributed by atoms with van der Waals surface area (Å²) >= 11 is 0. The lowest BCUT2D eigenvalue weighted by molar-refractivity contribution is -0.122. The lowest BCUT2D eigenvalue weighted by atomic mass is 10.1. The molecule has 0 aliphatic carbocycles. The highest BCUT2D eigenvalue weighted by Gasteiger charge is 2.09. The highest BCUT2D eigenvalue weighted by atomic mass is 16.3. The highest BCUT2D eigenvalue weighted by Crippen LogP contribution is 2.10. The van der Waals surface area contributed by atoms with Crippen molar-refractivity contribution in [3.8, 4) is 0 Å². The Morgan fingerprint density at radius 1 is 0.952 bits per heavy atom. The highest BCUT2D eigenvalue weighted by molar-refractivity contribution is 5.76. The Morgan fingerprint density at radius 2 is 1.48 bits per heavy atom. The predicted molar refractivity (Wildman–Crippen MR) is 88.9 cm³/mol. The molecule has 0 aliphatic heterocycles. The molecule has 4 heteroatoms. The van der Waals surface area contributed by atoms with Gasteiger partial charge in [0, 0.05) is 6.42 Å². The van der Waals surface area contributed by atoms with Crippen molar-refractivity contribution in [2.75, 3.05) is 0 Å². The average molecular weight is 300 g/mol. The number of hydrogen-bond donors (Lipinski definition) is 3. The topological polar surface area (TPSA) is 61.4 Å². The summed E-state index contributed by atoms with van der Waals surface area (Å²) in [4.78, 5) is 11.7. The molecule has 126 valence electrons. The minimum absolute atomic E-state index is 0.0706. The lowest BCUT2D eigenvalue weighted by Gasteiger charge is -2.19.